The van der Waals surface area contributed by atoms with E-state index in [1.165, 1.54) is 5.56 Å². The summed E-state index contributed by atoms with van der Waals surface area (Å²) in [6.45, 7) is 2.80. The molecule has 1 fully saturated rings. The van der Waals surface area contributed by atoms with E-state index in [9.17, 15) is 0 Å². The van der Waals surface area contributed by atoms with Gasteiger partial charge in [-0.1, -0.05) is 17.2 Å². The van der Waals surface area contributed by atoms with Gasteiger partial charge in [-0.3, -0.25) is 0 Å². The van der Waals surface area contributed by atoms with Crippen LogP contribution in [0.3, 0.4) is 0 Å². The van der Waals surface area contributed by atoms with E-state index >= 15 is 0 Å². The zero-order valence-electron chi connectivity index (χ0n) is 9.91. The summed E-state index contributed by atoms with van der Waals surface area (Å²) in [5, 5.41) is 3.68. The Morgan fingerprint density at radius 2 is 2.12 bits per heavy atom. The molecule has 1 aromatic rings. The Morgan fingerprint density at radius 3 is 2.71 bits per heavy atom. The first-order chi connectivity index (χ1) is 8.31. The van der Waals surface area contributed by atoms with Crippen molar-refractivity contribution < 1.29 is 4.74 Å². The van der Waals surface area contributed by atoms with Crippen LogP contribution in [0.1, 0.15) is 5.56 Å². The second-order valence-corrected chi connectivity index (χ2v) is 4.22. The van der Waals surface area contributed by atoms with Gasteiger partial charge in [0.2, 0.25) is 0 Å². The fraction of sp³-hybridized carbons (Fsp3) is 0.500. The maximum absolute atomic E-state index is 8.27. The zero-order chi connectivity index (χ0) is 12.1. The van der Waals surface area contributed by atoms with Crippen LogP contribution in [0.2, 0.25) is 0 Å². The number of methoxy groups -OCH3 is 1. The number of likely N-dealkylation sites (tertiary alicyclic amines) is 1. The van der Waals surface area contributed by atoms with Gasteiger partial charge in [0.05, 0.1) is 13.2 Å². The van der Waals surface area contributed by atoms with E-state index < -0.39 is 0 Å². The third kappa shape index (κ3) is 3.12. The van der Waals surface area contributed by atoms with Crippen molar-refractivity contribution in [3.8, 4) is 5.75 Å². The molecule has 1 saturated heterocycles. The molecule has 0 aromatic heterocycles. The van der Waals surface area contributed by atoms with Gasteiger partial charge in [-0.05, 0) is 29.6 Å². The fourth-order valence-corrected chi connectivity index (χ4v) is 1.95. The van der Waals surface area contributed by atoms with Crippen LogP contribution >= 0.6 is 0 Å². The summed E-state index contributed by atoms with van der Waals surface area (Å²) in [6.07, 6.45) is 1.02. The lowest BCUT2D eigenvalue weighted by atomic mass is 10.1. The standard InChI is InChI=1S/C12H16N4O/c1-17-12-4-2-10(3-5-12)6-7-16-8-11(9-16)14-15-13/h2-5,11H,6-9H2,1H3. The fourth-order valence-electron chi connectivity index (χ4n) is 1.95. The van der Waals surface area contributed by atoms with E-state index in [1.807, 2.05) is 12.1 Å². The van der Waals surface area contributed by atoms with Crippen LogP contribution < -0.4 is 4.74 Å². The predicted molar refractivity (Wildman–Crippen MR) is 66.1 cm³/mol. The molecule has 0 unspecified atom stereocenters. The first-order valence-corrected chi connectivity index (χ1v) is 5.71. The normalized spacial score (nSPS) is 16.1. The lowest BCUT2D eigenvalue weighted by Crippen LogP contribution is -2.50. The Kier molecular flexibility index (Phi) is 3.85. The topological polar surface area (TPSA) is 61.2 Å². The van der Waals surface area contributed by atoms with Crippen LogP contribution in [0.25, 0.3) is 10.4 Å². The largest absolute Gasteiger partial charge is 0.497 e. The van der Waals surface area contributed by atoms with E-state index in [1.54, 1.807) is 7.11 Å². The van der Waals surface area contributed by atoms with Gasteiger partial charge in [-0.25, -0.2) is 0 Å². The van der Waals surface area contributed by atoms with E-state index in [0.717, 1.165) is 31.8 Å². The first kappa shape index (κ1) is 11.8. The molecule has 0 spiro atoms. The Bertz CT molecular complexity index is 405. The average Bonchev–Trinajstić information content (AvgIpc) is 2.32. The molecule has 1 aliphatic heterocycles. The lowest BCUT2D eigenvalue weighted by molar-refractivity contribution is 0.153. The SMILES string of the molecule is COc1ccc(CCN2CC(N=[N+]=[N-])C2)cc1. The van der Waals surface area contributed by atoms with Crippen LogP contribution in [0.15, 0.2) is 29.4 Å². The zero-order valence-corrected chi connectivity index (χ0v) is 9.91. The molecular formula is C12H16N4O. The number of azide groups is 1. The highest BCUT2D eigenvalue weighted by Crippen LogP contribution is 2.15. The monoisotopic (exact) mass is 232 g/mol. The van der Waals surface area contributed by atoms with Gasteiger partial charge in [0, 0.05) is 24.5 Å². The van der Waals surface area contributed by atoms with E-state index in [-0.39, 0.29) is 6.04 Å². The van der Waals surface area contributed by atoms with Crippen molar-refractivity contribution in [1.29, 1.82) is 0 Å². The number of benzene rings is 1. The van der Waals surface area contributed by atoms with E-state index in [0.29, 0.717) is 0 Å². The van der Waals surface area contributed by atoms with Gasteiger partial charge in [0.15, 0.2) is 0 Å². The van der Waals surface area contributed by atoms with E-state index in [2.05, 4.69) is 27.1 Å². The molecule has 0 N–H and O–H groups in total. The minimum Gasteiger partial charge on any atom is -0.497 e. The molecule has 1 aromatic carbocycles. The Morgan fingerprint density at radius 1 is 1.41 bits per heavy atom. The molecule has 5 nitrogen and oxygen atoms in total. The summed E-state index contributed by atoms with van der Waals surface area (Å²) in [5.41, 5.74) is 9.58. The number of hydrogen-bond donors (Lipinski definition) is 0. The highest BCUT2D eigenvalue weighted by atomic mass is 16.5. The number of nitrogens with zero attached hydrogens (tertiary/aromatic N) is 4. The third-order valence-corrected chi connectivity index (χ3v) is 3.03. The molecule has 0 bridgehead atoms. The molecule has 0 amide bonds. The van der Waals surface area contributed by atoms with Crippen LogP contribution in [-0.4, -0.2) is 37.7 Å². The lowest BCUT2D eigenvalue weighted by Gasteiger charge is -2.36. The molecule has 0 radical (unpaired) electrons. The van der Waals surface area contributed by atoms with Crippen LogP contribution in [0.5, 0.6) is 5.75 Å². The van der Waals surface area contributed by atoms with E-state index in [4.69, 9.17) is 10.3 Å². The van der Waals surface area contributed by atoms with Crippen molar-refractivity contribution in [2.24, 2.45) is 5.11 Å². The molecule has 0 aliphatic carbocycles. The van der Waals surface area contributed by atoms with Crippen molar-refractivity contribution in [3.63, 3.8) is 0 Å². The number of ether oxygens (including phenoxy) is 1. The van der Waals surface area contributed by atoms with Gasteiger partial charge < -0.3 is 9.64 Å². The molecule has 1 heterocycles. The minimum atomic E-state index is 0.177. The van der Waals surface area contributed by atoms with Crippen LogP contribution in [-0.2, 0) is 6.42 Å². The predicted octanol–water partition coefficient (Wildman–Crippen LogP) is 2.23. The van der Waals surface area contributed by atoms with Crippen LogP contribution in [0.4, 0.5) is 0 Å². The van der Waals surface area contributed by atoms with Crippen molar-refractivity contribution in [2.45, 2.75) is 12.5 Å². The summed E-state index contributed by atoms with van der Waals surface area (Å²) >= 11 is 0. The Balaban J connectivity index is 1.73. The Hall–Kier alpha value is -1.71. The summed E-state index contributed by atoms with van der Waals surface area (Å²) in [4.78, 5) is 5.11. The summed E-state index contributed by atoms with van der Waals surface area (Å²) in [7, 11) is 1.67. The van der Waals surface area contributed by atoms with Gasteiger partial charge in [-0.15, -0.1) is 0 Å². The van der Waals surface area contributed by atoms with Crippen molar-refractivity contribution in [1.82, 2.24) is 4.90 Å². The molecule has 0 atom stereocenters. The van der Waals surface area contributed by atoms with Crippen molar-refractivity contribution >= 4 is 0 Å². The van der Waals surface area contributed by atoms with Crippen LogP contribution in [0, 0.1) is 0 Å². The quantitative estimate of drug-likeness (QED) is 0.444. The molecule has 17 heavy (non-hydrogen) atoms. The first-order valence-electron chi connectivity index (χ1n) is 5.71. The molecule has 1 aliphatic rings. The molecule has 0 saturated carbocycles. The van der Waals surface area contributed by atoms with Gasteiger partial charge >= 0.3 is 0 Å². The smallest absolute Gasteiger partial charge is 0.118 e. The molecule has 2 rings (SSSR count). The third-order valence-electron chi connectivity index (χ3n) is 3.03. The molecular weight excluding hydrogens is 216 g/mol. The number of rotatable bonds is 5. The van der Waals surface area contributed by atoms with Crippen molar-refractivity contribution in [2.75, 3.05) is 26.7 Å². The van der Waals surface area contributed by atoms with Crippen molar-refractivity contribution in [3.05, 3.63) is 40.3 Å². The summed E-state index contributed by atoms with van der Waals surface area (Å²) in [6, 6.07) is 8.31. The highest BCUT2D eigenvalue weighted by molar-refractivity contribution is 5.27. The average molecular weight is 232 g/mol. The molecule has 90 valence electrons. The van der Waals surface area contributed by atoms with Gasteiger partial charge in [0.1, 0.15) is 5.75 Å². The summed E-state index contributed by atoms with van der Waals surface area (Å²) in [5.74, 6) is 0.890. The number of hydrogen-bond acceptors (Lipinski definition) is 3. The second-order valence-electron chi connectivity index (χ2n) is 4.22. The maximum Gasteiger partial charge on any atom is 0.118 e. The molecule has 5 heteroatoms. The maximum atomic E-state index is 8.27. The summed E-state index contributed by atoms with van der Waals surface area (Å²) < 4.78 is 5.11. The minimum absolute atomic E-state index is 0.177. The highest BCUT2D eigenvalue weighted by Gasteiger charge is 2.24. The Labute approximate surface area is 101 Å². The van der Waals surface area contributed by atoms with Gasteiger partial charge in [0.25, 0.3) is 0 Å². The second kappa shape index (κ2) is 5.57. The van der Waals surface area contributed by atoms with Gasteiger partial charge in [-0.2, -0.15) is 0 Å².